The molecule has 0 aliphatic carbocycles. The third kappa shape index (κ3) is 6.16. The molecule has 0 spiro atoms. The Balaban J connectivity index is 0.000000396. The molecule has 1 amide bonds. The molecular weight excluding hydrogens is 405 g/mol. The number of hydrogen-bond acceptors (Lipinski definition) is 6. The Kier molecular flexibility index (Phi) is 7.35. The summed E-state index contributed by atoms with van der Waals surface area (Å²) in [6.45, 7) is 7.64. The van der Waals surface area contributed by atoms with E-state index in [1.54, 1.807) is 12.4 Å². The molecule has 2 N–H and O–H groups in total. The molecule has 9 nitrogen and oxygen atoms in total. The fourth-order valence-corrected chi connectivity index (χ4v) is 2.88. The van der Waals surface area contributed by atoms with Crippen molar-refractivity contribution in [2.45, 2.75) is 52.0 Å². The minimum atomic E-state index is -5.08. The summed E-state index contributed by atoms with van der Waals surface area (Å²) in [6.07, 6.45) is 0.706. The summed E-state index contributed by atoms with van der Waals surface area (Å²) in [4.78, 5) is 36.3. The zero-order chi connectivity index (χ0) is 22.5. The zero-order valence-electron chi connectivity index (χ0n) is 16.7. The number of carboxylic acid groups (broad SMARTS) is 1. The number of anilines is 1. The minimum Gasteiger partial charge on any atom is -0.475 e. The maximum atomic E-state index is 11.9. The van der Waals surface area contributed by atoms with Crippen LogP contribution in [0, 0.1) is 0 Å². The molecule has 164 valence electrons. The van der Waals surface area contributed by atoms with E-state index in [-0.39, 0.29) is 18.0 Å². The Hall–Kier alpha value is -3.18. The number of carboxylic acids is 1. The summed E-state index contributed by atoms with van der Waals surface area (Å²) < 4.78 is 33.9. The van der Waals surface area contributed by atoms with Crippen molar-refractivity contribution in [2.24, 2.45) is 0 Å². The number of halogens is 3. The summed E-state index contributed by atoms with van der Waals surface area (Å²) in [6, 6.07) is 2.03. The van der Waals surface area contributed by atoms with Crippen LogP contribution >= 0.6 is 0 Å². The number of nitrogens with zero attached hydrogens (tertiary/aromatic N) is 5. The Morgan fingerprint density at radius 1 is 1.27 bits per heavy atom. The molecule has 0 saturated carbocycles. The van der Waals surface area contributed by atoms with Gasteiger partial charge in [-0.2, -0.15) is 13.2 Å². The average molecular weight is 428 g/mol. The Labute approximate surface area is 171 Å². The Bertz CT molecular complexity index is 870. The highest BCUT2D eigenvalue weighted by atomic mass is 19.4. The first kappa shape index (κ1) is 23.1. The van der Waals surface area contributed by atoms with Crippen LogP contribution in [0.4, 0.5) is 19.1 Å². The van der Waals surface area contributed by atoms with Gasteiger partial charge in [0.05, 0.1) is 18.2 Å². The number of rotatable bonds is 4. The van der Waals surface area contributed by atoms with Crippen LogP contribution in [-0.2, 0) is 22.6 Å². The van der Waals surface area contributed by atoms with Crippen LogP contribution in [-0.4, -0.2) is 55.3 Å². The number of aliphatic carboxylic acids is 1. The second-order valence-corrected chi connectivity index (χ2v) is 6.90. The molecule has 1 aliphatic rings. The van der Waals surface area contributed by atoms with Gasteiger partial charge in [-0.25, -0.2) is 19.7 Å². The van der Waals surface area contributed by atoms with E-state index in [4.69, 9.17) is 9.90 Å². The molecule has 0 saturated heterocycles. The van der Waals surface area contributed by atoms with E-state index in [0.717, 1.165) is 24.6 Å². The standard InChI is InChI=1S/C16H22N6O.C2HF3O2/c1-11(2)19-14(23)9-13-10-21-7-8-22(12(3)15(21)20-13)16-17-5-4-6-18-16;3-2(4,5)1(6)7/h4-6,10-12H,7-9H2,1-3H3,(H,19,23);(H,6,7). The van der Waals surface area contributed by atoms with E-state index in [2.05, 4.69) is 36.7 Å². The van der Waals surface area contributed by atoms with Crippen molar-refractivity contribution >= 4 is 17.8 Å². The SMILES string of the molecule is CC(C)NC(=O)Cc1cn2c(n1)C(C)N(c1ncccn1)CC2.O=C(O)C(F)(F)F. The smallest absolute Gasteiger partial charge is 0.475 e. The fourth-order valence-electron chi connectivity index (χ4n) is 2.88. The van der Waals surface area contributed by atoms with Gasteiger partial charge >= 0.3 is 12.1 Å². The third-order valence-electron chi connectivity index (χ3n) is 4.12. The number of carbonyl (C=O) groups excluding carboxylic acids is 1. The van der Waals surface area contributed by atoms with Crippen LogP contribution in [0.2, 0.25) is 0 Å². The molecule has 0 bridgehead atoms. The van der Waals surface area contributed by atoms with Crippen molar-refractivity contribution in [1.82, 2.24) is 24.8 Å². The number of fused-ring (bicyclic) bond motifs is 1. The quantitative estimate of drug-likeness (QED) is 0.765. The topological polar surface area (TPSA) is 113 Å². The fraction of sp³-hybridized carbons (Fsp3) is 0.500. The molecule has 0 aromatic carbocycles. The molecule has 1 atom stereocenters. The molecule has 12 heteroatoms. The highest BCUT2D eigenvalue weighted by molar-refractivity contribution is 5.78. The van der Waals surface area contributed by atoms with Crippen molar-refractivity contribution in [3.05, 3.63) is 36.2 Å². The van der Waals surface area contributed by atoms with Gasteiger partial charge in [0, 0.05) is 37.7 Å². The number of amides is 1. The first-order chi connectivity index (χ1) is 14.0. The van der Waals surface area contributed by atoms with Gasteiger partial charge in [-0.05, 0) is 26.8 Å². The largest absolute Gasteiger partial charge is 0.490 e. The van der Waals surface area contributed by atoms with Crippen LogP contribution < -0.4 is 10.2 Å². The van der Waals surface area contributed by atoms with Crippen molar-refractivity contribution in [3.8, 4) is 0 Å². The third-order valence-corrected chi connectivity index (χ3v) is 4.12. The lowest BCUT2D eigenvalue weighted by Gasteiger charge is -2.33. The van der Waals surface area contributed by atoms with Gasteiger partial charge in [-0.3, -0.25) is 4.79 Å². The van der Waals surface area contributed by atoms with Crippen LogP contribution in [0.5, 0.6) is 0 Å². The first-order valence-electron chi connectivity index (χ1n) is 9.18. The highest BCUT2D eigenvalue weighted by Gasteiger charge is 2.38. The summed E-state index contributed by atoms with van der Waals surface area (Å²) in [5.41, 5.74) is 0.806. The molecule has 0 radical (unpaired) electrons. The zero-order valence-corrected chi connectivity index (χ0v) is 16.7. The summed E-state index contributed by atoms with van der Waals surface area (Å²) in [7, 11) is 0. The molecule has 1 unspecified atom stereocenters. The first-order valence-corrected chi connectivity index (χ1v) is 9.18. The summed E-state index contributed by atoms with van der Waals surface area (Å²) >= 11 is 0. The predicted octanol–water partition coefficient (Wildman–Crippen LogP) is 1.95. The van der Waals surface area contributed by atoms with Crippen LogP contribution in [0.25, 0.3) is 0 Å². The Morgan fingerprint density at radius 2 is 1.87 bits per heavy atom. The normalized spacial score (nSPS) is 15.8. The maximum Gasteiger partial charge on any atom is 0.490 e. The van der Waals surface area contributed by atoms with E-state index in [9.17, 15) is 18.0 Å². The van der Waals surface area contributed by atoms with E-state index < -0.39 is 12.1 Å². The number of imidazole rings is 1. The molecule has 3 rings (SSSR count). The van der Waals surface area contributed by atoms with Gasteiger partial charge in [0.15, 0.2) is 0 Å². The molecule has 3 heterocycles. The number of alkyl halides is 3. The van der Waals surface area contributed by atoms with Crippen molar-refractivity contribution < 1.29 is 27.9 Å². The van der Waals surface area contributed by atoms with E-state index in [1.165, 1.54) is 0 Å². The summed E-state index contributed by atoms with van der Waals surface area (Å²) in [5.74, 6) is -1.08. The lowest BCUT2D eigenvalue weighted by molar-refractivity contribution is -0.192. The van der Waals surface area contributed by atoms with Gasteiger partial charge in [0.25, 0.3) is 0 Å². The van der Waals surface area contributed by atoms with Gasteiger partial charge < -0.3 is 19.9 Å². The van der Waals surface area contributed by atoms with Gasteiger partial charge in [0.2, 0.25) is 11.9 Å². The molecule has 30 heavy (non-hydrogen) atoms. The number of carbonyl (C=O) groups is 2. The second kappa shape index (κ2) is 9.55. The van der Waals surface area contributed by atoms with E-state index in [0.29, 0.717) is 12.4 Å². The van der Waals surface area contributed by atoms with Crippen molar-refractivity contribution in [2.75, 3.05) is 11.4 Å². The van der Waals surface area contributed by atoms with Gasteiger partial charge in [0.1, 0.15) is 5.82 Å². The Morgan fingerprint density at radius 3 is 2.40 bits per heavy atom. The molecule has 0 fully saturated rings. The molecule has 2 aromatic heterocycles. The molecular formula is C18H23F3N6O3. The lowest BCUT2D eigenvalue weighted by Crippen LogP contribution is -2.37. The number of nitrogens with one attached hydrogen (secondary N) is 1. The monoisotopic (exact) mass is 428 g/mol. The highest BCUT2D eigenvalue weighted by Crippen LogP contribution is 2.27. The minimum absolute atomic E-state index is 0.00588. The van der Waals surface area contributed by atoms with E-state index in [1.807, 2.05) is 26.1 Å². The lowest BCUT2D eigenvalue weighted by atomic mass is 10.2. The average Bonchev–Trinajstić information content (AvgIpc) is 3.05. The van der Waals surface area contributed by atoms with Crippen molar-refractivity contribution in [3.63, 3.8) is 0 Å². The van der Waals surface area contributed by atoms with Crippen molar-refractivity contribution in [1.29, 1.82) is 0 Å². The van der Waals surface area contributed by atoms with Gasteiger partial charge in [-0.15, -0.1) is 0 Å². The van der Waals surface area contributed by atoms with Gasteiger partial charge in [-0.1, -0.05) is 0 Å². The van der Waals surface area contributed by atoms with E-state index >= 15 is 0 Å². The number of aromatic nitrogens is 4. The van der Waals surface area contributed by atoms with Crippen LogP contribution in [0.15, 0.2) is 24.7 Å². The molecule has 1 aliphatic heterocycles. The van der Waals surface area contributed by atoms with Crippen LogP contribution in [0.3, 0.4) is 0 Å². The maximum absolute atomic E-state index is 11.9. The predicted molar refractivity (Wildman–Crippen MR) is 101 cm³/mol. The van der Waals surface area contributed by atoms with Crippen LogP contribution in [0.1, 0.15) is 38.3 Å². The second-order valence-electron chi connectivity index (χ2n) is 6.90. The summed E-state index contributed by atoms with van der Waals surface area (Å²) in [5, 5.41) is 10.0. The number of hydrogen-bond donors (Lipinski definition) is 2. The molecule has 2 aromatic rings.